The third-order valence-electron chi connectivity index (χ3n) is 6.50. The van der Waals surface area contributed by atoms with Gasteiger partial charge < -0.3 is 9.47 Å². The predicted molar refractivity (Wildman–Crippen MR) is 143 cm³/mol. The number of hydrogen-bond donors (Lipinski definition) is 0. The fourth-order valence-electron chi connectivity index (χ4n) is 4.67. The Kier molecular flexibility index (Phi) is 6.76. The van der Waals surface area contributed by atoms with Gasteiger partial charge in [0.05, 0.1) is 25.3 Å². The Bertz CT molecular complexity index is 1400. The van der Waals surface area contributed by atoms with Crippen molar-refractivity contribution in [2.24, 2.45) is 0 Å². The summed E-state index contributed by atoms with van der Waals surface area (Å²) in [5.74, 6) is 1.30. The van der Waals surface area contributed by atoms with Gasteiger partial charge in [0.25, 0.3) is 0 Å². The summed E-state index contributed by atoms with van der Waals surface area (Å²) in [6.07, 6.45) is 2.85. The summed E-state index contributed by atoms with van der Waals surface area (Å²) < 4.78 is 13.1. The topological polar surface area (TPSA) is 38.5 Å². The third kappa shape index (κ3) is 4.58. The highest BCUT2D eigenvalue weighted by Gasteiger charge is 2.32. The Labute approximate surface area is 211 Å². The Hall–Kier alpha value is -4.44. The third-order valence-corrected chi connectivity index (χ3v) is 6.50. The van der Waals surface area contributed by atoms with Gasteiger partial charge in [0, 0.05) is 12.5 Å². The van der Waals surface area contributed by atoms with Crippen LogP contribution in [0.1, 0.15) is 32.6 Å². The first kappa shape index (κ1) is 23.3. The van der Waals surface area contributed by atoms with Gasteiger partial charge in [-0.2, -0.15) is 4.58 Å². The number of allylic oxidation sites excluding steroid dienone is 1. The smallest absolute Gasteiger partial charge is 0.419 e. The van der Waals surface area contributed by atoms with Crippen molar-refractivity contribution >= 4 is 17.2 Å². The molecule has 0 unspecified atom stereocenters. The average Bonchev–Trinajstić information content (AvgIpc) is 2.96. The highest BCUT2D eigenvalue weighted by molar-refractivity contribution is 6.14. The maximum absolute atomic E-state index is 13.8. The van der Waals surface area contributed by atoms with Crippen molar-refractivity contribution in [3.05, 3.63) is 137 Å². The summed E-state index contributed by atoms with van der Waals surface area (Å²) in [5, 5.41) is 0. The molecule has 0 spiro atoms. The lowest BCUT2D eigenvalue weighted by atomic mass is 9.90. The molecule has 4 aromatic carbocycles. The van der Waals surface area contributed by atoms with Crippen molar-refractivity contribution < 1.29 is 18.8 Å². The van der Waals surface area contributed by atoms with Crippen molar-refractivity contribution in [2.45, 2.75) is 6.42 Å². The number of hydrogen-bond acceptors (Lipinski definition) is 3. The standard InChI is InChI=1S/C32H28NO3/c1-35-30-20-26-18-19-33(32(34)25-16-10-5-11-17-25)29(28(26)22-31(30)36-2)21-27(23-12-6-3-7-13-23)24-14-8-4-9-15-24/h3-17,20-22H,18-19H2,1-2H3/q+1. The number of carbonyl (C=O) groups excluding carboxylic acids is 1. The Morgan fingerprint density at radius 1 is 0.722 bits per heavy atom. The van der Waals surface area contributed by atoms with Crippen LogP contribution in [0.15, 0.2) is 109 Å². The molecule has 1 amide bonds. The summed E-state index contributed by atoms with van der Waals surface area (Å²) >= 11 is 0. The summed E-state index contributed by atoms with van der Waals surface area (Å²) in [7, 11) is 3.28. The van der Waals surface area contributed by atoms with Gasteiger partial charge in [0.15, 0.2) is 18.0 Å². The molecule has 0 saturated carbocycles. The number of benzene rings is 4. The molecule has 0 saturated heterocycles. The van der Waals surface area contributed by atoms with Crippen LogP contribution in [-0.4, -0.2) is 37.0 Å². The van der Waals surface area contributed by atoms with E-state index in [4.69, 9.17) is 9.47 Å². The minimum Gasteiger partial charge on any atom is -0.493 e. The zero-order chi connectivity index (χ0) is 24.9. The molecule has 0 radical (unpaired) electrons. The maximum atomic E-state index is 13.8. The highest BCUT2D eigenvalue weighted by Crippen LogP contribution is 2.34. The van der Waals surface area contributed by atoms with E-state index in [0.29, 0.717) is 23.6 Å². The fraction of sp³-hybridized carbons (Fsp3) is 0.125. The van der Waals surface area contributed by atoms with Crippen molar-refractivity contribution in [1.29, 1.82) is 0 Å². The van der Waals surface area contributed by atoms with Gasteiger partial charge >= 0.3 is 5.91 Å². The molecule has 1 aliphatic rings. The van der Waals surface area contributed by atoms with Crippen LogP contribution < -0.4 is 9.47 Å². The first-order chi connectivity index (χ1) is 17.7. The molecule has 0 aliphatic carbocycles. The Morgan fingerprint density at radius 2 is 1.22 bits per heavy atom. The number of fused-ring (bicyclic) bond motifs is 1. The lowest BCUT2D eigenvalue weighted by molar-refractivity contribution is -0.428. The average molecular weight is 475 g/mol. The van der Waals surface area contributed by atoms with E-state index in [9.17, 15) is 4.79 Å². The molecule has 0 N–H and O–H groups in total. The number of carbonyl (C=O) groups is 1. The Morgan fingerprint density at radius 3 is 1.75 bits per heavy atom. The molecular formula is C32H28NO3+. The van der Waals surface area contributed by atoms with Crippen LogP contribution in [0.25, 0.3) is 5.57 Å². The molecule has 0 fully saturated rings. The first-order valence-electron chi connectivity index (χ1n) is 12.0. The van der Waals surface area contributed by atoms with E-state index in [2.05, 4.69) is 30.3 Å². The zero-order valence-electron chi connectivity index (χ0n) is 20.5. The highest BCUT2D eigenvalue weighted by atomic mass is 16.5. The number of nitrogens with zero attached hydrogens (tertiary/aromatic N) is 1. The first-order valence-corrected chi connectivity index (χ1v) is 12.0. The summed E-state index contributed by atoms with van der Waals surface area (Å²) in [6.45, 7) is 0.568. The molecule has 178 valence electrons. The molecule has 0 bridgehead atoms. The van der Waals surface area contributed by atoms with E-state index in [0.717, 1.165) is 40.0 Å². The van der Waals surface area contributed by atoms with Gasteiger partial charge in [-0.05, 0) is 46.5 Å². The summed E-state index contributed by atoms with van der Waals surface area (Å²) in [4.78, 5) is 13.8. The molecule has 5 rings (SSSR count). The van der Waals surface area contributed by atoms with Gasteiger partial charge in [-0.15, -0.1) is 0 Å². The van der Waals surface area contributed by atoms with Crippen LogP contribution in [0.3, 0.4) is 0 Å². The quantitative estimate of drug-likeness (QED) is 0.320. The van der Waals surface area contributed by atoms with Gasteiger partial charge in [-0.3, -0.25) is 0 Å². The fourth-order valence-corrected chi connectivity index (χ4v) is 4.67. The predicted octanol–water partition coefficient (Wildman–Crippen LogP) is 6.03. The molecule has 1 aliphatic heterocycles. The molecule has 4 nitrogen and oxygen atoms in total. The van der Waals surface area contributed by atoms with E-state index < -0.39 is 0 Å². The lowest BCUT2D eigenvalue weighted by Gasteiger charge is -2.19. The van der Waals surface area contributed by atoms with Crippen molar-refractivity contribution in [2.75, 3.05) is 20.8 Å². The van der Waals surface area contributed by atoms with Crippen LogP contribution >= 0.6 is 0 Å². The maximum Gasteiger partial charge on any atom is 0.419 e. The molecule has 4 heteroatoms. The lowest BCUT2D eigenvalue weighted by Crippen LogP contribution is -2.34. The summed E-state index contributed by atoms with van der Waals surface area (Å²) in [6, 6.07) is 34.0. The van der Waals surface area contributed by atoms with Gasteiger partial charge in [0.2, 0.25) is 5.71 Å². The van der Waals surface area contributed by atoms with Gasteiger partial charge in [-0.25, -0.2) is 4.79 Å². The Balaban J connectivity index is 1.79. The van der Waals surface area contributed by atoms with Crippen LogP contribution in [-0.2, 0) is 6.42 Å². The monoisotopic (exact) mass is 474 g/mol. The minimum absolute atomic E-state index is 0.0252. The zero-order valence-corrected chi connectivity index (χ0v) is 20.5. The van der Waals surface area contributed by atoms with Crippen LogP contribution in [0, 0.1) is 0 Å². The SMILES string of the molecule is COc1cc2c(cc1OC)C(C=C(c1ccccc1)c1ccccc1)=[N+](C(=O)c1ccccc1)CC2. The molecule has 0 aromatic heterocycles. The molecule has 1 heterocycles. The second-order valence-electron chi connectivity index (χ2n) is 8.61. The summed E-state index contributed by atoms with van der Waals surface area (Å²) in [5.41, 5.74) is 6.79. The largest absolute Gasteiger partial charge is 0.493 e. The van der Waals surface area contributed by atoms with Gasteiger partial charge in [-0.1, -0.05) is 78.9 Å². The second kappa shape index (κ2) is 10.4. The number of ether oxygens (including phenoxy) is 2. The van der Waals surface area contributed by atoms with Crippen molar-refractivity contribution in [3.8, 4) is 11.5 Å². The number of rotatable bonds is 6. The number of methoxy groups -OCH3 is 2. The molecule has 36 heavy (non-hydrogen) atoms. The van der Waals surface area contributed by atoms with E-state index in [-0.39, 0.29) is 5.91 Å². The molecule has 0 atom stereocenters. The molecular weight excluding hydrogens is 446 g/mol. The molecule has 4 aromatic rings. The van der Waals surface area contributed by atoms with E-state index >= 15 is 0 Å². The van der Waals surface area contributed by atoms with Crippen LogP contribution in [0.2, 0.25) is 0 Å². The van der Waals surface area contributed by atoms with E-state index in [1.165, 1.54) is 0 Å². The van der Waals surface area contributed by atoms with Crippen LogP contribution in [0.5, 0.6) is 11.5 Å². The van der Waals surface area contributed by atoms with Crippen molar-refractivity contribution in [3.63, 3.8) is 0 Å². The van der Waals surface area contributed by atoms with E-state index in [1.807, 2.05) is 83.4 Å². The van der Waals surface area contributed by atoms with Crippen molar-refractivity contribution in [1.82, 2.24) is 0 Å². The van der Waals surface area contributed by atoms with E-state index in [1.54, 1.807) is 14.2 Å². The normalized spacial score (nSPS) is 12.5. The van der Waals surface area contributed by atoms with Crippen LogP contribution in [0.4, 0.5) is 0 Å². The number of amides is 1. The minimum atomic E-state index is -0.0252. The second-order valence-corrected chi connectivity index (χ2v) is 8.61. The van der Waals surface area contributed by atoms with Gasteiger partial charge in [0.1, 0.15) is 0 Å².